The van der Waals surface area contributed by atoms with E-state index in [2.05, 4.69) is 5.32 Å². The molecule has 1 saturated carbocycles. The van der Waals surface area contributed by atoms with E-state index in [1.165, 1.54) is 18.9 Å². The first-order valence-corrected chi connectivity index (χ1v) is 6.36. The van der Waals surface area contributed by atoms with E-state index < -0.39 is 0 Å². The van der Waals surface area contributed by atoms with Gasteiger partial charge in [0.15, 0.2) is 0 Å². The molecular formula is C14H20FNO2. The average molecular weight is 253 g/mol. The first-order valence-electron chi connectivity index (χ1n) is 6.36. The van der Waals surface area contributed by atoms with Crippen molar-refractivity contribution in [3.05, 3.63) is 29.6 Å². The fourth-order valence-corrected chi connectivity index (χ4v) is 1.64. The Bertz CT molecular complexity index is 393. The third kappa shape index (κ3) is 4.27. The molecule has 0 heterocycles. The van der Waals surface area contributed by atoms with Gasteiger partial charge in [0.2, 0.25) is 0 Å². The summed E-state index contributed by atoms with van der Waals surface area (Å²) in [5.41, 5.74) is 0.918. The lowest BCUT2D eigenvalue weighted by molar-refractivity contribution is 0.0715. The Morgan fingerprint density at radius 2 is 2.17 bits per heavy atom. The zero-order valence-electron chi connectivity index (χ0n) is 10.9. The molecule has 1 unspecified atom stereocenters. The Morgan fingerprint density at radius 1 is 1.39 bits per heavy atom. The minimum atomic E-state index is -0.259. The highest BCUT2D eigenvalue weighted by Gasteiger charge is 2.20. The van der Waals surface area contributed by atoms with Crippen LogP contribution in [0.25, 0.3) is 0 Å². The van der Waals surface area contributed by atoms with Crippen LogP contribution in [0.4, 0.5) is 4.39 Å². The molecule has 0 amide bonds. The molecule has 0 bridgehead atoms. The third-order valence-electron chi connectivity index (χ3n) is 2.99. The molecule has 1 N–H and O–H groups in total. The van der Waals surface area contributed by atoms with Gasteiger partial charge in [-0.3, -0.25) is 0 Å². The monoisotopic (exact) mass is 253 g/mol. The summed E-state index contributed by atoms with van der Waals surface area (Å²) in [5.74, 6) is 0.302. The van der Waals surface area contributed by atoms with Crippen molar-refractivity contribution in [1.82, 2.24) is 5.32 Å². The Morgan fingerprint density at radius 3 is 2.83 bits per heavy atom. The van der Waals surface area contributed by atoms with Gasteiger partial charge in [0.05, 0.1) is 6.10 Å². The Hall–Kier alpha value is -1.13. The van der Waals surface area contributed by atoms with Crippen molar-refractivity contribution in [2.24, 2.45) is 0 Å². The Balaban J connectivity index is 1.91. The van der Waals surface area contributed by atoms with Gasteiger partial charge in [0.1, 0.15) is 18.2 Å². The Labute approximate surface area is 107 Å². The van der Waals surface area contributed by atoms with Crippen LogP contribution in [0.5, 0.6) is 5.75 Å². The lowest BCUT2D eigenvalue weighted by Crippen LogP contribution is -2.17. The van der Waals surface area contributed by atoms with Crippen molar-refractivity contribution in [3.8, 4) is 5.75 Å². The van der Waals surface area contributed by atoms with E-state index in [4.69, 9.17) is 9.47 Å². The molecule has 100 valence electrons. The molecule has 1 aliphatic carbocycles. The second-order valence-electron chi connectivity index (χ2n) is 4.81. The molecule has 0 aromatic heterocycles. The maximum atomic E-state index is 13.4. The van der Waals surface area contributed by atoms with Crippen LogP contribution < -0.4 is 10.1 Å². The van der Waals surface area contributed by atoms with Crippen molar-refractivity contribution in [2.45, 2.75) is 38.5 Å². The average Bonchev–Trinajstić information content (AvgIpc) is 3.17. The van der Waals surface area contributed by atoms with E-state index >= 15 is 0 Å². The molecule has 1 aromatic rings. The predicted octanol–water partition coefficient (Wildman–Crippen LogP) is 2.49. The van der Waals surface area contributed by atoms with Gasteiger partial charge in [-0.2, -0.15) is 0 Å². The minimum Gasteiger partial charge on any atom is -0.491 e. The Kier molecular flexibility index (Phi) is 4.55. The number of rotatable bonds is 7. The van der Waals surface area contributed by atoms with Crippen molar-refractivity contribution in [1.29, 1.82) is 0 Å². The summed E-state index contributed by atoms with van der Waals surface area (Å²) in [6.45, 7) is 3.03. The van der Waals surface area contributed by atoms with Gasteiger partial charge in [0, 0.05) is 25.8 Å². The number of benzene rings is 1. The fraction of sp³-hybridized carbons (Fsp3) is 0.571. The topological polar surface area (TPSA) is 30.5 Å². The molecule has 1 aliphatic rings. The summed E-state index contributed by atoms with van der Waals surface area (Å²) in [5, 5.41) is 3.36. The van der Waals surface area contributed by atoms with E-state index in [9.17, 15) is 4.39 Å². The van der Waals surface area contributed by atoms with Crippen LogP contribution in [-0.2, 0) is 11.3 Å². The van der Waals surface area contributed by atoms with Gasteiger partial charge in [-0.1, -0.05) is 0 Å². The third-order valence-corrected chi connectivity index (χ3v) is 2.99. The van der Waals surface area contributed by atoms with E-state index in [1.54, 1.807) is 13.2 Å². The second-order valence-corrected chi connectivity index (χ2v) is 4.81. The molecule has 0 saturated heterocycles. The lowest BCUT2D eigenvalue weighted by Gasteiger charge is -2.12. The number of methoxy groups -OCH3 is 1. The molecular weight excluding hydrogens is 233 g/mol. The highest BCUT2D eigenvalue weighted by Crippen LogP contribution is 2.21. The molecule has 1 aromatic carbocycles. The summed E-state index contributed by atoms with van der Waals surface area (Å²) in [7, 11) is 1.63. The van der Waals surface area contributed by atoms with Gasteiger partial charge in [-0.15, -0.1) is 0 Å². The molecule has 2 rings (SSSR count). The van der Waals surface area contributed by atoms with Crippen LogP contribution in [0.3, 0.4) is 0 Å². The number of nitrogens with one attached hydrogen (secondary N) is 1. The van der Waals surface area contributed by atoms with Crippen LogP contribution in [-0.4, -0.2) is 25.9 Å². The SMILES string of the molecule is COC(C)COc1cc(F)cc(CNC2CC2)c1. The van der Waals surface area contributed by atoms with Crippen LogP contribution in [0, 0.1) is 5.82 Å². The number of hydrogen-bond donors (Lipinski definition) is 1. The lowest BCUT2D eigenvalue weighted by atomic mass is 10.2. The van der Waals surface area contributed by atoms with E-state index in [-0.39, 0.29) is 11.9 Å². The first kappa shape index (κ1) is 13.3. The summed E-state index contributed by atoms with van der Waals surface area (Å²) in [6, 6.07) is 5.44. The number of ether oxygens (including phenoxy) is 2. The van der Waals surface area contributed by atoms with Crippen LogP contribution in [0.15, 0.2) is 18.2 Å². The van der Waals surface area contributed by atoms with Crippen LogP contribution >= 0.6 is 0 Å². The summed E-state index contributed by atoms with van der Waals surface area (Å²) in [4.78, 5) is 0. The molecule has 1 atom stereocenters. The quantitative estimate of drug-likeness (QED) is 0.810. The van der Waals surface area contributed by atoms with E-state index in [0.29, 0.717) is 24.9 Å². The predicted molar refractivity (Wildman–Crippen MR) is 68.2 cm³/mol. The molecule has 4 heteroatoms. The molecule has 0 spiro atoms. The van der Waals surface area contributed by atoms with E-state index in [0.717, 1.165) is 5.56 Å². The summed E-state index contributed by atoms with van der Waals surface area (Å²) in [6.07, 6.45) is 2.45. The van der Waals surface area contributed by atoms with Crippen molar-refractivity contribution < 1.29 is 13.9 Å². The molecule has 18 heavy (non-hydrogen) atoms. The highest BCUT2D eigenvalue weighted by molar-refractivity contribution is 5.29. The van der Waals surface area contributed by atoms with Crippen molar-refractivity contribution in [3.63, 3.8) is 0 Å². The summed E-state index contributed by atoms with van der Waals surface area (Å²) < 4.78 is 24.0. The van der Waals surface area contributed by atoms with Gasteiger partial charge >= 0.3 is 0 Å². The second kappa shape index (κ2) is 6.16. The summed E-state index contributed by atoms with van der Waals surface area (Å²) >= 11 is 0. The molecule has 3 nitrogen and oxygen atoms in total. The fourth-order valence-electron chi connectivity index (χ4n) is 1.64. The van der Waals surface area contributed by atoms with Gasteiger partial charge in [0.25, 0.3) is 0 Å². The number of halogens is 1. The zero-order valence-corrected chi connectivity index (χ0v) is 10.9. The number of hydrogen-bond acceptors (Lipinski definition) is 3. The van der Waals surface area contributed by atoms with Crippen molar-refractivity contribution >= 4 is 0 Å². The molecule has 0 radical (unpaired) electrons. The van der Waals surface area contributed by atoms with Crippen molar-refractivity contribution in [2.75, 3.05) is 13.7 Å². The maximum Gasteiger partial charge on any atom is 0.127 e. The molecule has 0 aliphatic heterocycles. The highest BCUT2D eigenvalue weighted by atomic mass is 19.1. The molecule has 1 fully saturated rings. The zero-order chi connectivity index (χ0) is 13.0. The normalized spacial score (nSPS) is 16.6. The van der Waals surface area contributed by atoms with Crippen LogP contribution in [0.2, 0.25) is 0 Å². The first-order chi connectivity index (χ1) is 8.67. The minimum absolute atomic E-state index is 0.00121. The standard InChI is InChI=1S/C14H20FNO2/c1-10(17-2)9-18-14-6-11(5-12(15)7-14)8-16-13-3-4-13/h5-7,10,13,16H,3-4,8-9H2,1-2H3. The van der Waals surface area contributed by atoms with Crippen LogP contribution in [0.1, 0.15) is 25.3 Å². The largest absolute Gasteiger partial charge is 0.491 e. The van der Waals surface area contributed by atoms with Gasteiger partial charge < -0.3 is 14.8 Å². The van der Waals surface area contributed by atoms with E-state index in [1.807, 2.05) is 13.0 Å². The van der Waals surface area contributed by atoms with Gasteiger partial charge in [-0.05, 0) is 37.5 Å². The van der Waals surface area contributed by atoms with Gasteiger partial charge in [-0.25, -0.2) is 4.39 Å². The smallest absolute Gasteiger partial charge is 0.127 e. The maximum absolute atomic E-state index is 13.4.